The molecule has 152 valence electrons. The number of nitrogens with two attached hydrogens (primary N) is 1. The van der Waals surface area contributed by atoms with Crippen LogP contribution < -0.4 is 5.73 Å². The topological polar surface area (TPSA) is 63.4 Å². The first kappa shape index (κ1) is 20.7. The van der Waals surface area contributed by atoms with Crippen LogP contribution in [0.2, 0.25) is 0 Å². The Balaban J connectivity index is 2.10. The minimum Gasteiger partial charge on any atom is -0.368 e. The number of carbonyl (C=O) groups is 2. The highest BCUT2D eigenvalue weighted by Gasteiger charge is 2.35. The molecule has 0 unspecified atom stereocenters. The summed E-state index contributed by atoms with van der Waals surface area (Å²) in [6, 6.07) is 10.0. The van der Waals surface area contributed by atoms with Crippen molar-refractivity contribution in [2.24, 2.45) is 5.73 Å². The first-order chi connectivity index (χ1) is 13.9. The second-order valence-corrected chi connectivity index (χ2v) is 7.28. The fraction of sp³-hybridized carbons (Fsp3) is 0.304. The maximum absolute atomic E-state index is 13.8. The molecule has 2 atom stereocenters. The summed E-state index contributed by atoms with van der Waals surface area (Å²) in [4.78, 5) is 27.3. The predicted molar refractivity (Wildman–Crippen MR) is 107 cm³/mol. The van der Waals surface area contributed by atoms with E-state index in [1.54, 1.807) is 37.3 Å². The maximum Gasteiger partial charge on any atom is 0.250 e. The monoisotopic (exact) mass is 398 g/mol. The van der Waals surface area contributed by atoms with E-state index in [0.29, 0.717) is 17.6 Å². The lowest BCUT2D eigenvalue weighted by molar-refractivity contribution is -0.139. The third-order valence-electron chi connectivity index (χ3n) is 5.25. The lowest BCUT2D eigenvalue weighted by atomic mass is 9.94. The molecule has 29 heavy (non-hydrogen) atoms. The number of hydrogen-bond acceptors (Lipinski definition) is 2. The van der Waals surface area contributed by atoms with Crippen molar-refractivity contribution in [3.63, 3.8) is 0 Å². The summed E-state index contributed by atoms with van der Waals surface area (Å²) in [5.74, 6) is -2.53. The van der Waals surface area contributed by atoms with Gasteiger partial charge < -0.3 is 10.6 Å². The van der Waals surface area contributed by atoms with Gasteiger partial charge in [0.25, 0.3) is 5.91 Å². The van der Waals surface area contributed by atoms with Crippen molar-refractivity contribution in [2.75, 3.05) is 0 Å². The molecule has 4 nitrogen and oxygen atoms in total. The average Bonchev–Trinajstić information content (AvgIpc) is 2.71. The molecule has 0 saturated carbocycles. The molecule has 0 radical (unpaired) electrons. The quantitative estimate of drug-likeness (QED) is 0.774. The van der Waals surface area contributed by atoms with Crippen LogP contribution in [0.15, 0.2) is 60.2 Å². The van der Waals surface area contributed by atoms with Gasteiger partial charge in [0.05, 0.1) is 6.04 Å². The van der Waals surface area contributed by atoms with Gasteiger partial charge in [0.15, 0.2) is 0 Å². The van der Waals surface area contributed by atoms with E-state index in [4.69, 9.17) is 5.73 Å². The fourth-order valence-corrected chi connectivity index (χ4v) is 3.79. The molecule has 0 heterocycles. The second-order valence-electron chi connectivity index (χ2n) is 7.28. The Bertz CT molecular complexity index is 907. The third-order valence-corrected chi connectivity index (χ3v) is 5.25. The summed E-state index contributed by atoms with van der Waals surface area (Å²) in [5, 5.41) is 0. The van der Waals surface area contributed by atoms with Crippen molar-refractivity contribution >= 4 is 11.8 Å². The molecule has 1 aliphatic carbocycles. The van der Waals surface area contributed by atoms with Crippen molar-refractivity contribution in [3.8, 4) is 0 Å². The molecule has 0 spiro atoms. The number of primary amides is 1. The molecular formula is C23H24F2N2O2. The highest BCUT2D eigenvalue weighted by atomic mass is 19.1. The molecule has 2 aromatic carbocycles. The van der Waals surface area contributed by atoms with Gasteiger partial charge in [0, 0.05) is 11.6 Å². The van der Waals surface area contributed by atoms with Crippen molar-refractivity contribution < 1.29 is 18.4 Å². The van der Waals surface area contributed by atoms with Gasteiger partial charge in [0.1, 0.15) is 17.7 Å². The number of rotatable bonds is 6. The number of hydrogen-bond donors (Lipinski definition) is 1. The molecular weight excluding hydrogens is 374 g/mol. The highest BCUT2D eigenvalue weighted by molar-refractivity contribution is 5.97. The first-order valence-corrected chi connectivity index (χ1v) is 9.70. The van der Waals surface area contributed by atoms with Crippen molar-refractivity contribution in [1.29, 1.82) is 0 Å². The van der Waals surface area contributed by atoms with Crippen LogP contribution >= 0.6 is 0 Å². The maximum atomic E-state index is 13.8. The average molecular weight is 398 g/mol. The van der Waals surface area contributed by atoms with E-state index in [-0.39, 0.29) is 11.5 Å². The van der Waals surface area contributed by atoms with E-state index in [0.717, 1.165) is 25.3 Å². The van der Waals surface area contributed by atoms with E-state index in [1.165, 1.54) is 17.0 Å². The Morgan fingerprint density at radius 1 is 1.00 bits per heavy atom. The van der Waals surface area contributed by atoms with E-state index in [2.05, 4.69) is 0 Å². The predicted octanol–water partition coefficient (Wildman–Crippen LogP) is 4.58. The van der Waals surface area contributed by atoms with E-state index in [1.807, 2.05) is 6.08 Å². The zero-order valence-corrected chi connectivity index (χ0v) is 16.3. The van der Waals surface area contributed by atoms with E-state index < -0.39 is 29.6 Å². The summed E-state index contributed by atoms with van der Waals surface area (Å²) in [6.45, 7) is 1.65. The van der Waals surface area contributed by atoms with Crippen LogP contribution in [0.3, 0.4) is 0 Å². The first-order valence-electron chi connectivity index (χ1n) is 9.70. The van der Waals surface area contributed by atoms with Gasteiger partial charge in [-0.3, -0.25) is 9.59 Å². The van der Waals surface area contributed by atoms with Crippen molar-refractivity contribution in [3.05, 3.63) is 82.9 Å². The molecule has 0 fully saturated rings. The Hall–Kier alpha value is -3.02. The second kappa shape index (κ2) is 8.99. The van der Waals surface area contributed by atoms with Crippen LogP contribution in [0, 0.1) is 11.6 Å². The normalized spacial score (nSPS) is 15.9. The molecule has 2 N–H and O–H groups in total. The van der Waals surface area contributed by atoms with Crippen LogP contribution in [0.25, 0.3) is 0 Å². The lowest BCUT2D eigenvalue weighted by Crippen LogP contribution is -2.44. The molecule has 0 aromatic heterocycles. The molecule has 1 aliphatic rings. The molecule has 3 rings (SSSR count). The molecule has 0 aliphatic heterocycles. The number of halogens is 2. The van der Waals surface area contributed by atoms with Gasteiger partial charge in [-0.25, -0.2) is 8.78 Å². The van der Waals surface area contributed by atoms with Gasteiger partial charge in [0.2, 0.25) is 5.91 Å². The van der Waals surface area contributed by atoms with Gasteiger partial charge >= 0.3 is 0 Å². The summed E-state index contributed by atoms with van der Waals surface area (Å²) >= 11 is 0. The summed E-state index contributed by atoms with van der Waals surface area (Å²) < 4.78 is 27.7. The van der Waals surface area contributed by atoms with E-state index in [9.17, 15) is 18.4 Å². The minimum absolute atomic E-state index is 0.259. The number of carbonyl (C=O) groups excluding carboxylic acids is 2. The largest absolute Gasteiger partial charge is 0.368 e. The van der Waals surface area contributed by atoms with Crippen molar-refractivity contribution in [2.45, 2.75) is 44.7 Å². The Morgan fingerprint density at radius 3 is 2.21 bits per heavy atom. The van der Waals surface area contributed by atoms with Crippen LogP contribution in [-0.2, 0) is 9.59 Å². The number of benzene rings is 2. The summed E-state index contributed by atoms with van der Waals surface area (Å²) in [7, 11) is 0. The van der Waals surface area contributed by atoms with Gasteiger partial charge in [-0.05, 0) is 55.9 Å². The number of nitrogens with zero attached hydrogens (tertiary/aromatic N) is 1. The highest BCUT2D eigenvalue weighted by Crippen LogP contribution is 2.34. The number of allylic oxidation sites excluding steroid dienone is 1. The molecule has 2 aromatic rings. The Labute approximate surface area is 169 Å². The van der Waals surface area contributed by atoms with Crippen LogP contribution in [0.5, 0.6) is 0 Å². The lowest BCUT2D eigenvalue weighted by Gasteiger charge is -2.36. The van der Waals surface area contributed by atoms with Crippen LogP contribution in [-0.4, -0.2) is 16.7 Å². The van der Waals surface area contributed by atoms with E-state index >= 15 is 0 Å². The van der Waals surface area contributed by atoms with Gasteiger partial charge in [-0.2, -0.15) is 0 Å². The van der Waals surface area contributed by atoms with Crippen LogP contribution in [0.1, 0.15) is 55.8 Å². The third kappa shape index (κ3) is 4.70. The zero-order valence-electron chi connectivity index (χ0n) is 16.3. The summed E-state index contributed by atoms with van der Waals surface area (Å²) in [5.41, 5.74) is 7.12. The molecule has 2 amide bonds. The Morgan fingerprint density at radius 2 is 1.66 bits per heavy atom. The molecule has 0 bridgehead atoms. The smallest absolute Gasteiger partial charge is 0.250 e. The molecule has 0 saturated heterocycles. The fourth-order valence-electron chi connectivity index (χ4n) is 3.79. The van der Waals surface area contributed by atoms with Gasteiger partial charge in [-0.15, -0.1) is 0 Å². The zero-order chi connectivity index (χ0) is 21.0. The minimum atomic E-state index is -1.06. The van der Waals surface area contributed by atoms with Crippen LogP contribution in [0.4, 0.5) is 8.78 Å². The SMILES string of the molecule is C[C@H](c1cc(F)cc(F)c1)N(C(=O)C1=CCCCC1)[C@H](C(N)=O)c1ccccc1. The van der Waals surface area contributed by atoms with Crippen molar-refractivity contribution in [1.82, 2.24) is 4.90 Å². The number of amides is 2. The Kier molecular flexibility index (Phi) is 6.42. The van der Waals surface area contributed by atoms with Gasteiger partial charge in [-0.1, -0.05) is 36.4 Å². The summed E-state index contributed by atoms with van der Waals surface area (Å²) in [6.07, 6.45) is 5.13. The molecule has 6 heteroatoms. The standard InChI is InChI=1S/C23H24F2N2O2/c1-15(18-12-19(24)14-20(25)13-18)27(23(29)17-10-6-3-7-11-17)21(22(26)28)16-8-4-2-5-9-16/h2,4-5,8-10,12-15,21H,3,6-7,11H2,1H3,(H2,26,28)/t15-,21+/m1/s1.